The predicted octanol–water partition coefficient (Wildman–Crippen LogP) is 1.19. The first-order valence-corrected chi connectivity index (χ1v) is 5.49. The van der Waals surface area contributed by atoms with Crippen LogP contribution < -0.4 is 5.32 Å². The van der Waals surface area contributed by atoms with E-state index in [1.165, 1.54) is 0 Å². The number of phenolic OH excluding ortho intramolecular Hbond substituents is 1. The Hall–Kier alpha value is -1.84. The average Bonchev–Trinajstić information content (AvgIpc) is 2.30. The molecule has 1 atom stereocenters. The molecule has 0 unspecified atom stereocenters. The van der Waals surface area contributed by atoms with Crippen molar-refractivity contribution in [3.05, 3.63) is 29.8 Å². The van der Waals surface area contributed by atoms with E-state index >= 15 is 0 Å². The largest absolute Gasteiger partial charge is 0.508 e. The zero-order valence-electron chi connectivity index (χ0n) is 9.93. The van der Waals surface area contributed by atoms with Crippen LogP contribution >= 0.6 is 0 Å². The fourth-order valence-corrected chi connectivity index (χ4v) is 1.33. The van der Waals surface area contributed by atoms with E-state index < -0.39 is 6.04 Å². The Bertz CT molecular complexity index is 384. The molecule has 0 aliphatic rings. The highest BCUT2D eigenvalue weighted by molar-refractivity contribution is 5.81. The average molecular weight is 234 g/mol. The lowest BCUT2D eigenvalue weighted by Crippen LogP contribution is -2.39. The van der Waals surface area contributed by atoms with Crippen molar-refractivity contribution < 1.29 is 14.7 Å². The summed E-state index contributed by atoms with van der Waals surface area (Å²) in [6.45, 7) is 3.52. The molecule has 0 heterocycles. The summed E-state index contributed by atoms with van der Waals surface area (Å²) in [4.78, 5) is 22.2. The normalized spacial score (nSPS) is 12.2. The van der Waals surface area contributed by atoms with Crippen LogP contribution in [0.1, 0.15) is 19.4 Å². The highest BCUT2D eigenvalue weighted by Gasteiger charge is 2.15. The van der Waals surface area contributed by atoms with Gasteiger partial charge in [-0.15, -0.1) is 0 Å². The second kappa shape index (κ2) is 6.03. The van der Waals surface area contributed by atoms with Crippen LogP contribution in [0.5, 0.6) is 5.75 Å². The number of aromatic hydroxyl groups is 1. The summed E-state index contributed by atoms with van der Waals surface area (Å²) in [7, 11) is 0. The number of amides is 1. The minimum Gasteiger partial charge on any atom is -0.508 e. The molecule has 1 aromatic rings. The highest BCUT2D eigenvalue weighted by Crippen LogP contribution is 2.11. The maximum absolute atomic E-state index is 11.4. The van der Waals surface area contributed by atoms with Crippen molar-refractivity contribution >= 4 is 12.2 Å². The number of carbonyl (C=O) groups excluding carboxylic acids is 2. The van der Waals surface area contributed by atoms with Crippen molar-refractivity contribution in [2.24, 2.45) is 5.92 Å². The Morgan fingerprint density at radius 2 is 1.94 bits per heavy atom. The number of hydrogen-bond acceptors (Lipinski definition) is 3. The van der Waals surface area contributed by atoms with Crippen LogP contribution in [0.3, 0.4) is 0 Å². The molecule has 17 heavy (non-hydrogen) atoms. The summed E-state index contributed by atoms with van der Waals surface area (Å²) in [6.07, 6.45) is 2.18. The molecule has 91 valence electrons. The topological polar surface area (TPSA) is 66.4 Å². The molecular formula is C13H16NO3. The fraction of sp³-hybridized carbons (Fsp3) is 0.385. The molecule has 2 N–H and O–H groups in total. The van der Waals surface area contributed by atoms with Gasteiger partial charge in [-0.25, -0.2) is 0 Å². The molecule has 4 nitrogen and oxygen atoms in total. The monoisotopic (exact) mass is 234 g/mol. The van der Waals surface area contributed by atoms with Crippen molar-refractivity contribution in [1.82, 2.24) is 5.32 Å². The Morgan fingerprint density at radius 1 is 1.35 bits per heavy atom. The molecule has 0 saturated carbocycles. The second-order valence-electron chi connectivity index (χ2n) is 4.20. The Labute approximate surface area is 101 Å². The van der Waals surface area contributed by atoms with Gasteiger partial charge in [-0.05, 0) is 17.7 Å². The first-order chi connectivity index (χ1) is 8.02. The summed E-state index contributed by atoms with van der Waals surface area (Å²) in [6, 6.07) is 5.86. The van der Waals surface area contributed by atoms with Crippen LogP contribution in [-0.4, -0.2) is 23.3 Å². The van der Waals surface area contributed by atoms with Gasteiger partial charge < -0.3 is 10.4 Å². The van der Waals surface area contributed by atoms with Crippen LogP contribution in [0.2, 0.25) is 0 Å². The van der Waals surface area contributed by atoms with Crippen LogP contribution in [0.4, 0.5) is 0 Å². The van der Waals surface area contributed by atoms with Crippen molar-refractivity contribution in [3.63, 3.8) is 0 Å². The van der Waals surface area contributed by atoms with Gasteiger partial charge in [0.2, 0.25) is 12.2 Å². The standard InChI is InChI=1S/C13H16NO3/c1-9(2)13(17)14-11(8-15)7-10-3-5-12(16)6-4-10/h3-6,9,11,16H,7H2,1-2H3,(H,14,17)/t11-/m0/s1. The van der Waals surface area contributed by atoms with E-state index in [4.69, 9.17) is 5.11 Å². The quantitative estimate of drug-likeness (QED) is 0.804. The molecule has 1 aromatic carbocycles. The number of nitrogens with one attached hydrogen (secondary N) is 1. The van der Waals surface area contributed by atoms with Crippen molar-refractivity contribution in [2.75, 3.05) is 0 Å². The molecule has 4 heteroatoms. The van der Waals surface area contributed by atoms with E-state index in [1.54, 1.807) is 44.4 Å². The van der Waals surface area contributed by atoms with Gasteiger partial charge in [-0.3, -0.25) is 9.59 Å². The molecule has 1 amide bonds. The highest BCUT2D eigenvalue weighted by atomic mass is 16.3. The van der Waals surface area contributed by atoms with Crippen molar-refractivity contribution in [1.29, 1.82) is 0 Å². The van der Waals surface area contributed by atoms with E-state index in [0.29, 0.717) is 6.42 Å². The molecule has 0 aliphatic carbocycles. The first-order valence-electron chi connectivity index (χ1n) is 5.49. The number of benzene rings is 1. The molecule has 0 saturated heterocycles. The molecular weight excluding hydrogens is 218 g/mol. The number of hydrogen-bond donors (Lipinski definition) is 2. The fourth-order valence-electron chi connectivity index (χ4n) is 1.33. The smallest absolute Gasteiger partial charge is 0.223 e. The lowest BCUT2D eigenvalue weighted by atomic mass is 10.1. The zero-order valence-corrected chi connectivity index (χ0v) is 9.93. The second-order valence-corrected chi connectivity index (χ2v) is 4.20. The molecule has 1 rings (SSSR count). The van der Waals surface area contributed by atoms with Gasteiger partial charge in [-0.1, -0.05) is 26.0 Å². The van der Waals surface area contributed by atoms with E-state index in [1.807, 2.05) is 0 Å². The van der Waals surface area contributed by atoms with Gasteiger partial charge in [0.05, 0.1) is 6.04 Å². The van der Waals surface area contributed by atoms with Crippen molar-refractivity contribution in [3.8, 4) is 5.75 Å². The molecule has 0 aliphatic heterocycles. The molecule has 0 aromatic heterocycles. The van der Waals surface area contributed by atoms with Crippen LogP contribution in [0, 0.1) is 5.92 Å². The third-order valence-corrected chi connectivity index (χ3v) is 2.36. The van der Waals surface area contributed by atoms with Gasteiger partial charge in [-0.2, -0.15) is 0 Å². The minimum absolute atomic E-state index is 0.161. The van der Waals surface area contributed by atoms with Gasteiger partial charge in [0, 0.05) is 12.3 Å². The maximum Gasteiger partial charge on any atom is 0.223 e. The van der Waals surface area contributed by atoms with E-state index in [9.17, 15) is 9.59 Å². The molecule has 1 radical (unpaired) electrons. The predicted molar refractivity (Wildman–Crippen MR) is 64.3 cm³/mol. The minimum atomic E-state index is -0.644. The van der Waals surface area contributed by atoms with E-state index in [2.05, 4.69) is 5.32 Å². The van der Waals surface area contributed by atoms with Gasteiger partial charge in [0.25, 0.3) is 0 Å². The summed E-state index contributed by atoms with van der Waals surface area (Å²) in [5.41, 5.74) is 0.861. The lowest BCUT2D eigenvalue weighted by molar-refractivity contribution is -0.124. The maximum atomic E-state index is 11.4. The van der Waals surface area contributed by atoms with Gasteiger partial charge in [0.15, 0.2) is 0 Å². The summed E-state index contributed by atoms with van der Waals surface area (Å²) >= 11 is 0. The number of rotatable bonds is 5. The summed E-state index contributed by atoms with van der Waals surface area (Å²) < 4.78 is 0. The number of phenols is 1. The molecule has 0 bridgehead atoms. The van der Waals surface area contributed by atoms with Crippen LogP contribution in [0.25, 0.3) is 0 Å². The number of carbonyl (C=O) groups is 1. The van der Waals surface area contributed by atoms with Crippen LogP contribution in [-0.2, 0) is 16.0 Å². The van der Waals surface area contributed by atoms with Crippen LogP contribution in [0.15, 0.2) is 24.3 Å². The third kappa shape index (κ3) is 4.26. The third-order valence-electron chi connectivity index (χ3n) is 2.36. The lowest BCUT2D eigenvalue weighted by Gasteiger charge is -2.13. The Balaban J connectivity index is 2.61. The Kier molecular flexibility index (Phi) is 4.69. The molecule has 0 fully saturated rings. The van der Waals surface area contributed by atoms with Gasteiger partial charge in [0.1, 0.15) is 5.75 Å². The van der Waals surface area contributed by atoms with E-state index in [0.717, 1.165) is 5.56 Å². The SMILES string of the molecule is CC(C)C(=O)N[C@H]([C]=O)Cc1ccc(O)cc1. The van der Waals surface area contributed by atoms with Gasteiger partial charge >= 0.3 is 0 Å². The summed E-state index contributed by atoms with van der Waals surface area (Å²) in [5.74, 6) is -0.158. The van der Waals surface area contributed by atoms with E-state index in [-0.39, 0.29) is 17.6 Å². The first kappa shape index (κ1) is 13.2. The Morgan fingerprint density at radius 3 is 2.41 bits per heavy atom. The molecule has 0 spiro atoms. The zero-order chi connectivity index (χ0) is 12.8. The summed E-state index contributed by atoms with van der Waals surface area (Å²) in [5, 5.41) is 11.7. The van der Waals surface area contributed by atoms with Crippen molar-refractivity contribution in [2.45, 2.75) is 26.3 Å².